The molecule has 0 aromatic heterocycles. The number of esters is 2. The first-order chi connectivity index (χ1) is 19.9. The van der Waals surface area contributed by atoms with Gasteiger partial charge in [-0.15, -0.1) is 0 Å². The number of ketones is 3. The first-order valence-electron chi connectivity index (χ1n) is 13.9. The van der Waals surface area contributed by atoms with Gasteiger partial charge in [0, 0.05) is 40.8 Å². The molecule has 2 atom stereocenters. The average molecular weight is 579 g/mol. The molecule has 10 heteroatoms. The molecule has 42 heavy (non-hydrogen) atoms. The molecule has 1 aliphatic carbocycles. The second kappa shape index (κ2) is 14.1. The zero-order chi connectivity index (χ0) is 31.1. The number of rotatable bonds is 13. The second-order valence-electron chi connectivity index (χ2n) is 11.1. The van der Waals surface area contributed by atoms with Gasteiger partial charge in [0.05, 0.1) is 26.7 Å². The maximum absolute atomic E-state index is 13.3. The topological polar surface area (TPSA) is 145 Å². The number of fused-ring (bicyclic) bond motifs is 2. The summed E-state index contributed by atoms with van der Waals surface area (Å²) in [6, 6.07) is 8.63. The predicted molar refractivity (Wildman–Crippen MR) is 155 cm³/mol. The van der Waals surface area contributed by atoms with Crippen LogP contribution in [0.5, 0.6) is 0 Å². The molecule has 1 aliphatic rings. The van der Waals surface area contributed by atoms with Gasteiger partial charge >= 0.3 is 11.9 Å². The van der Waals surface area contributed by atoms with Crippen LogP contribution >= 0.6 is 0 Å². The quantitative estimate of drug-likeness (QED) is 0.291. The van der Waals surface area contributed by atoms with E-state index in [-0.39, 0.29) is 82.7 Å². The lowest BCUT2D eigenvalue weighted by Crippen LogP contribution is -2.44. The Kier molecular flexibility index (Phi) is 10.9. The molecule has 0 saturated heterocycles. The highest BCUT2D eigenvalue weighted by Crippen LogP contribution is 2.30. The second-order valence-corrected chi connectivity index (χ2v) is 11.1. The van der Waals surface area contributed by atoms with Crippen LogP contribution < -0.4 is 10.6 Å². The zero-order valence-corrected chi connectivity index (χ0v) is 24.9. The normalized spacial score (nSPS) is 13.7. The molecule has 224 valence electrons. The fraction of sp³-hybridized carbons (Fsp3) is 0.438. The lowest BCUT2D eigenvalue weighted by molar-refractivity contribution is -0.147. The van der Waals surface area contributed by atoms with E-state index in [4.69, 9.17) is 9.47 Å². The zero-order valence-electron chi connectivity index (χ0n) is 24.9. The van der Waals surface area contributed by atoms with E-state index in [9.17, 15) is 28.8 Å². The van der Waals surface area contributed by atoms with E-state index in [0.29, 0.717) is 17.7 Å². The number of methoxy groups -OCH3 is 2. The van der Waals surface area contributed by atoms with Crippen molar-refractivity contribution in [3.63, 3.8) is 0 Å². The van der Waals surface area contributed by atoms with Gasteiger partial charge in [0.25, 0.3) is 0 Å². The van der Waals surface area contributed by atoms with Crippen LogP contribution in [0, 0.1) is 17.8 Å². The van der Waals surface area contributed by atoms with Crippen molar-refractivity contribution in [3.05, 3.63) is 64.2 Å². The number of hydrogen-bond donors (Lipinski definition) is 2. The molecule has 2 aromatic rings. The number of anilines is 1. The van der Waals surface area contributed by atoms with Crippen molar-refractivity contribution in [2.45, 2.75) is 53.0 Å². The number of ether oxygens (including phenoxy) is 2. The van der Waals surface area contributed by atoms with Gasteiger partial charge in [-0.2, -0.15) is 0 Å². The third-order valence-electron chi connectivity index (χ3n) is 7.40. The van der Waals surface area contributed by atoms with Crippen LogP contribution in [-0.2, 0) is 35.1 Å². The van der Waals surface area contributed by atoms with E-state index < -0.39 is 17.9 Å². The summed E-state index contributed by atoms with van der Waals surface area (Å²) in [5.41, 5.74) is 1.74. The SMILES string of the molecule is COC(=O)[C@H](CCC(=O)Nc1ccc2c(c1)C(=O)c1ccc(CC(=O)CN[C@@H](C(=O)OC)C(C)C)cc1C2=O)C(C)C. The molecule has 0 fully saturated rings. The van der Waals surface area contributed by atoms with E-state index in [0.717, 1.165) is 0 Å². The van der Waals surface area contributed by atoms with Gasteiger partial charge in [-0.3, -0.25) is 34.1 Å². The highest BCUT2D eigenvalue weighted by atomic mass is 16.5. The van der Waals surface area contributed by atoms with Gasteiger partial charge < -0.3 is 14.8 Å². The van der Waals surface area contributed by atoms with Crippen LogP contribution in [-0.4, -0.2) is 62.0 Å². The van der Waals surface area contributed by atoms with E-state index >= 15 is 0 Å². The summed E-state index contributed by atoms with van der Waals surface area (Å²) in [7, 11) is 2.61. The summed E-state index contributed by atoms with van der Waals surface area (Å²) in [4.78, 5) is 75.8. The molecule has 3 rings (SSSR count). The Morgan fingerprint density at radius 2 is 1.36 bits per heavy atom. The molecular weight excluding hydrogens is 540 g/mol. The van der Waals surface area contributed by atoms with Gasteiger partial charge in [-0.05, 0) is 48.1 Å². The third-order valence-corrected chi connectivity index (χ3v) is 7.40. The van der Waals surface area contributed by atoms with Gasteiger partial charge in [0.1, 0.15) is 6.04 Å². The Morgan fingerprint density at radius 1 is 0.762 bits per heavy atom. The molecule has 1 amide bonds. The van der Waals surface area contributed by atoms with E-state index in [1.165, 1.54) is 32.4 Å². The number of carbonyl (C=O) groups excluding carboxylic acids is 6. The van der Waals surface area contributed by atoms with E-state index in [1.807, 2.05) is 27.7 Å². The number of amides is 1. The number of carbonyl (C=O) groups is 6. The first-order valence-corrected chi connectivity index (χ1v) is 13.9. The molecule has 0 aliphatic heterocycles. The maximum atomic E-state index is 13.3. The van der Waals surface area contributed by atoms with Crippen LogP contribution in [0.3, 0.4) is 0 Å². The summed E-state index contributed by atoms with van der Waals surface area (Å²) in [6.45, 7) is 7.40. The van der Waals surface area contributed by atoms with Crippen molar-refractivity contribution in [1.29, 1.82) is 0 Å². The first kappa shape index (κ1) is 32.3. The molecule has 0 heterocycles. The summed E-state index contributed by atoms with van der Waals surface area (Å²) < 4.78 is 9.61. The molecule has 2 N–H and O–H groups in total. The minimum absolute atomic E-state index is 0.0109. The smallest absolute Gasteiger partial charge is 0.323 e. The molecular formula is C32H38N2O8. The van der Waals surface area contributed by atoms with Crippen LogP contribution in [0.2, 0.25) is 0 Å². The van der Waals surface area contributed by atoms with Crippen LogP contribution in [0.25, 0.3) is 0 Å². The van der Waals surface area contributed by atoms with Crippen LogP contribution in [0.15, 0.2) is 36.4 Å². The standard InChI is InChI=1S/C32H38N2O8/c1-17(2)22(31(39)41-5)11-12-27(36)34-20-8-10-24-26(15-20)30(38)23-9-7-19(14-25(23)29(24)37)13-21(35)16-33-28(18(3)4)32(40)42-6/h7-10,14-15,17-18,22,28,33H,11-13,16H2,1-6H3,(H,34,36)/t22-,28-/m1/s1. The van der Waals surface area contributed by atoms with Crippen molar-refractivity contribution in [2.24, 2.45) is 17.8 Å². The average Bonchev–Trinajstić information content (AvgIpc) is 2.95. The summed E-state index contributed by atoms with van der Waals surface area (Å²) in [5.74, 6) is -2.51. The van der Waals surface area contributed by atoms with Crippen LogP contribution in [0.1, 0.15) is 77.9 Å². The Balaban J connectivity index is 1.69. The van der Waals surface area contributed by atoms with E-state index in [1.54, 1.807) is 18.2 Å². The van der Waals surface area contributed by atoms with Gasteiger partial charge in [0.15, 0.2) is 17.3 Å². The van der Waals surface area contributed by atoms with Crippen molar-refractivity contribution in [3.8, 4) is 0 Å². The minimum Gasteiger partial charge on any atom is -0.469 e. The number of nitrogens with one attached hydrogen (secondary N) is 2. The van der Waals surface area contributed by atoms with E-state index in [2.05, 4.69) is 10.6 Å². The number of Topliss-reactive ketones (excluding diaryl/α,β-unsaturated/α-hetero) is 1. The fourth-order valence-corrected chi connectivity index (χ4v) is 5.00. The predicted octanol–water partition coefficient (Wildman–Crippen LogP) is 3.52. The van der Waals surface area contributed by atoms with Crippen molar-refractivity contribution in [2.75, 3.05) is 26.1 Å². The fourth-order valence-electron chi connectivity index (χ4n) is 5.00. The molecule has 0 bridgehead atoms. The lowest BCUT2D eigenvalue weighted by atomic mass is 9.82. The summed E-state index contributed by atoms with van der Waals surface area (Å²) in [5, 5.41) is 5.67. The Morgan fingerprint density at radius 3 is 1.93 bits per heavy atom. The summed E-state index contributed by atoms with van der Waals surface area (Å²) in [6.07, 6.45) is 0.415. The van der Waals surface area contributed by atoms with Gasteiger partial charge in [-0.1, -0.05) is 39.8 Å². The van der Waals surface area contributed by atoms with Crippen molar-refractivity contribution >= 4 is 40.9 Å². The van der Waals surface area contributed by atoms with Gasteiger partial charge in [0.2, 0.25) is 5.91 Å². The largest absolute Gasteiger partial charge is 0.469 e. The molecule has 2 aromatic carbocycles. The Hall–Kier alpha value is -4.18. The minimum atomic E-state index is -0.621. The lowest BCUT2D eigenvalue weighted by Gasteiger charge is -2.20. The summed E-state index contributed by atoms with van der Waals surface area (Å²) >= 11 is 0. The molecule has 0 spiro atoms. The van der Waals surface area contributed by atoms with Crippen LogP contribution in [0.4, 0.5) is 5.69 Å². The van der Waals surface area contributed by atoms with Gasteiger partial charge in [-0.25, -0.2) is 0 Å². The maximum Gasteiger partial charge on any atom is 0.323 e. The Bertz CT molecular complexity index is 1290. The highest BCUT2D eigenvalue weighted by molar-refractivity contribution is 6.28. The van der Waals surface area contributed by atoms with Crippen molar-refractivity contribution < 1.29 is 38.2 Å². The molecule has 0 radical (unpaired) electrons. The Labute approximate surface area is 245 Å². The molecule has 0 unspecified atom stereocenters. The third kappa shape index (κ3) is 7.55. The highest BCUT2D eigenvalue weighted by Gasteiger charge is 2.31. The molecule has 10 nitrogen and oxygen atoms in total. The number of benzene rings is 2. The van der Waals surface area contributed by atoms with Crippen molar-refractivity contribution in [1.82, 2.24) is 5.32 Å². The number of hydrogen-bond acceptors (Lipinski definition) is 9. The monoisotopic (exact) mass is 578 g/mol. The molecule has 0 saturated carbocycles.